The number of halogens is 1. The number of carbonyl (C=O) groups excluding carboxylic acids is 1. The summed E-state index contributed by atoms with van der Waals surface area (Å²) in [5.74, 6) is 1.05. The van der Waals surface area contributed by atoms with Crippen LogP contribution in [-0.2, 0) is 0 Å². The summed E-state index contributed by atoms with van der Waals surface area (Å²) >= 11 is 0. The molecule has 2 fully saturated rings. The van der Waals surface area contributed by atoms with Gasteiger partial charge in [0.1, 0.15) is 11.6 Å². The van der Waals surface area contributed by atoms with Crippen molar-refractivity contribution < 1.29 is 9.18 Å². The number of amides is 1. The van der Waals surface area contributed by atoms with E-state index in [-0.39, 0.29) is 23.2 Å². The Hall–Kier alpha value is -3.22. The van der Waals surface area contributed by atoms with Gasteiger partial charge in [-0.05, 0) is 74.3 Å². The van der Waals surface area contributed by atoms with Gasteiger partial charge in [-0.25, -0.2) is 9.37 Å². The molecule has 2 aliphatic carbocycles. The van der Waals surface area contributed by atoms with Crippen molar-refractivity contribution in [3.63, 3.8) is 0 Å². The Bertz CT molecular complexity index is 1200. The Morgan fingerprint density at radius 2 is 1.88 bits per heavy atom. The fourth-order valence-electron chi connectivity index (χ4n) is 5.06. The number of aryl methyl sites for hydroxylation is 1. The molecule has 0 saturated heterocycles. The van der Waals surface area contributed by atoms with E-state index in [2.05, 4.69) is 10.6 Å². The van der Waals surface area contributed by atoms with E-state index in [0.717, 1.165) is 48.8 Å². The monoisotopic (exact) mass is 447 g/mol. The Balaban J connectivity index is 1.20. The van der Waals surface area contributed by atoms with Crippen LogP contribution in [0.3, 0.4) is 0 Å². The van der Waals surface area contributed by atoms with Crippen LogP contribution in [0.25, 0.3) is 10.9 Å². The molecule has 1 heterocycles. The average molecular weight is 448 g/mol. The number of anilines is 2. The standard InChI is InChI=1S/C26H30FN5O/c1-16-8-9-17(14-20(16)27)24(33)30-22-15-26(22)12-10-18(11-13-26)28-25-29-21-7-5-4-6-19(21)23(31-25)32(2)3/h4-9,14,18,22H,10-13,15H2,1-3H3,(H,30,33)(H,28,29,31)/t18?,22-,26?/m1/s1. The van der Waals surface area contributed by atoms with Crippen molar-refractivity contribution in [1.29, 1.82) is 0 Å². The molecular weight excluding hydrogens is 417 g/mol. The first-order valence-electron chi connectivity index (χ1n) is 11.6. The molecule has 0 aliphatic heterocycles. The van der Waals surface area contributed by atoms with Gasteiger partial charge in [0.25, 0.3) is 5.91 Å². The molecule has 3 aromatic rings. The lowest BCUT2D eigenvalue weighted by Gasteiger charge is -2.30. The van der Waals surface area contributed by atoms with Gasteiger partial charge in [-0.2, -0.15) is 4.98 Å². The topological polar surface area (TPSA) is 70.2 Å². The molecule has 0 bridgehead atoms. The normalized spacial score (nSPS) is 24.0. The zero-order chi connectivity index (χ0) is 23.2. The first-order chi connectivity index (χ1) is 15.8. The molecule has 0 radical (unpaired) electrons. The molecule has 5 rings (SSSR count). The highest BCUT2D eigenvalue weighted by atomic mass is 19.1. The van der Waals surface area contributed by atoms with E-state index in [4.69, 9.17) is 9.97 Å². The van der Waals surface area contributed by atoms with Crippen molar-refractivity contribution in [2.75, 3.05) is 24.3 Å². The van der Waals surface area contributed by atoms with Crippen LogP contribution >= 0.6 is 0 Å². The zero-order valence-electron chi connectivity index (χ0n) is 19.4. The summed E-state index contributed by atoms with van der Waals surface area (Å²) in [6.07, 6.45) is 5.12. The summed E-state index contributed by atoms with van der Waals surface area (Å²) in [6, 6.07) is 13.2. The van der Waals surface area contributed by atoms with Crippen molar-refractivity contribution in [3.05, 3.63) is 59.4 Å². The minimum absolute atomic E-state index is 0.174. The Labute approximate surface area is 193 Å². The van der Waals surface area contributed by atoms with Crippen LogP contribution in [0, 0.1) is 18.2 Å². The fraction of sp³-hybridized carbons (Fsp3) is 0.423. The van der Waals surface area contributed by atoms with Crippen molar-refractivity contribution in [1.82, 2.24) is 15.3 Å². The van der Waals surface area contributed by atoms with E-state index in [9.17, 15) is 9.18 Å². The molecule has 172 valence electrons. The number of aromatic nitrogens is 2. The molecule has 6 nitrogen and oxygen atoms in total. The molecule has 1 aromatic heterocycles. The summed E-state index contributed by atoms with van der Waals surface area (Å²) in [6.45, 7) is 1.70. The number of fused-ring (bicyclic) bond motifs is 1. The van der Waals surface area contributed by atoms with Crippen LogP contribution in [0.5, 0.6) is 0 Å². The van der Waals surface area contributed by atoms with Gasteiger partial charge in [-0.15, -0.1) is 0 Å². The van der Waals surface area contributed by atoms with Crippen LogP contribution in [0.1, 0.15) is 48.0 Å². The number of rotatable bonds is 5. The molecule has 2 aromatic carbocycles. The minimum atomic E-state index is -0.340. The predicted octanol–water partition coefficient (Wildman–Crippen LogP) is 4.69. The van der Waals surface area contributed by atoms with Crippen LogP contribution in [-0.4, -0.2) is 42.1 Å². The summed E-state index contributed by atoms with van der Waals surface area (Å²) < 4.78 is 13.8. The van der Waals surface area contributed by atoms with E-state index in [1.165, 1.54) is 6.07 Å². The van der Waals surface area contributed by atoms with Crippen molar-refractivity contribution >= 4 is 28.6 Å². The van der Waals surface area contributed by atoms with Gasteiger partial charge in [0.2, 0.25) is 5.95 Å². The third-order valence-electron chi connectivity index (χ3n) is 7.25. The van der Waals surface area contributed by atoms with Crippen LogP contribution < -0.4 is 15.5 Å². The number of benzene rings is 2. The average Bonchev–Trinajstić information content (AvgIpc) is 3.47. The lowest BCUT2D eigenvalue weighted by molar-refractivity contribution is 0.0941. The number of hydrogen-bond donors (Lipinski definition) is 2. The van der Waals surface area contributed by atoms with Gasteiger partial charge in [-0.1, -0.05) is 18.2 Å². The molecule has 1 spiro atoms. The summed E-state index contributed by atoms with van der Waals surface area (Å²) in [5, 5.41) is 7.72. The van der Waals surface area contributed by atoms with E-state index >= 15 is 0 Å². The van der Waals surface area contributed by atoms with Gasteiger partial charge < -0.3 is 15.5 Å². The molecule has 2 saturated carbocycles. The second-order valence-corrected chi connectivity index (χ2v) is 9.76. The molecular formula is C26H30FN5O. The summed E-state index contributed by atoms with van der Waals surface area (Å²) in [4.78, 5) is 24.1. The summed E-state index contributed by atoms with van der Waals surface area (Å²) in [7, 11) is 3.99. The third kappa shape index (κ3) is 4.24. The maximum Gasteiger partial charge on any atom is 0.251 e. The van der Waals surface area contributed by atoms with E-state index in [1.807, 2.05) is 43.3 Å². The lowest BCUT2D eigenvalue weighted by Crippen LogP contribution is -2.34. The maximum atomic E-state index is 13.8. The van der Waals surface area contributed by atoms with Gasteiger partial charge in [0, 0.05) is 37.1 Å². The molecule has 1 amide bonds. The van der Waals surface area contributed by atoms with Crippen molar-refractivity contribution in [3.8, 4) is 0 Å². The van der Waals surface area contributed by atoms with E-state index < -0.39 is 0 Å². The van der Waals surface area contributed by atoms with Crippen molar-refractivity contribution in [2.24, 2.45) is 5.41 Å². The fourth-order valence-corrected chi connectivity index (χ4v) is 5.06. The number of nitrogens with zero attached hydrogens (tertiary/aromatic N) is 3. The molecule has 2 aliphatic rings. The van der Waals surface area contributed by atoms with Gasteiger partial charge in [-0.3, -0.25) is 4.79 Å². The van der Waals surface area contributed by atoms with Crippen LogP contribution in [0.2, 0.25) is 0 Å². The lowest BCUT2D eigenvalue weighted by atomic mass is 9.83. The number of nitrogens with one attached hydrogen (secondary N) is 2. The highest BCUT2D eigenvalue weighted by molar-refractivity contribution is 5.94. The van der Waals surface area contributed by atoms with Gasteiger partial charge >= 0.3 is 0 Å². The highest BCUT2D eigenvalue weighted by Gasteiger charge is 2.55. The molecule has 0 unspecified atom stereocenters. The minimum Gasteiger partial charge on any atom is -0.362 e. The third-order valence-corrected chi connectivity index (χ3v) is 7.25. The zero-order valence-corrected chi connectivity index (χ0v) is 19.4. The first-order valence-corrected chi connectivity index (χ1v) is 11.6. The van der Waals surface area contributed by atoms with Gasteiger partial charge in [0.15, 0.2) is 0 Å². The SMILES string of the molecule is Cc1ccc(C(=O)N[C@@H]2CC23CCC(Nc2nc(N(C)C)c4ccccc4n2)CC3)cc1F. The van der Waals surface area contributed by atoms with Gasteiger partial charge in [0.05, 0.1) is 5.52 Å². The molecule has 7 heteroatoms. The largest absolute Gasteiger partial charge is 0.362 e. The Kier molecular flexibility index (Phi) is 5.43. The van der Waals surface area contributed by atoms with Crippen LogP contribution in [0.15, 0.2) is 42.5 Å². The number of hydrogen-bond acceptors (Lipinski definition) is 5. The Morgan fingerprint density at radius 1 is 1.12 bits per heavy atom. The second kappa shape index (κ2) is 8.28. The number of para-hydroxylation sites is 1. The molecule has 1 atom stereocenters. The second-order valence-electron chi connectivity index (χ2n) is 9.76. The number of carbonyl (C=O) groups is 1. The highest BCUT2D eigenvalue weighted by Crippen LogP contribution is 2.56. The smallest absolute Gasteiger partial charge is 0.251 e. The maximum absolute atomic E-state index is 13.8. The molecule has 2 N–H and O–H groups in total. The first kappa shape index (κ1) is 21.6. The predicted molar refractivity (Wildman–Crippen MR) is 129 cm³/mol. The Morgan fingerprint density at radius 3 is 2.61 bits per heavy atom. The van der Waals surface area contributed by atoms with Crippen LogP contribution in [0.4, 0.5) is 16.2 Å². The summed E-state index contributed by atoms with van der Waals surface area (Å²) in [5.41, 5.74) is 2.05. The van der Waals surface area contributed by atoms with Crippen molar-refractivity contribution in [2.45, 2.75) is 51.1 Å². The quantitative estimate of drug-likeness (QED) is 0.594. The van der Waals surface area contributed by atoms with E-state index in [1.54, 1.807) is 19.1 Å². The molecule has 33 heavy (non-hydrogen) atoms. The van der Waals surface area contributed by atoms with E-state index in [0.29, 0.717) is 23.1 Å².